The lowest BCUT2D eigenvalue weighted by molar-refractivity contribution is -0.112. The molecule has 0 unspecified atom stereocenters. The summed E-state index contributed by atoms with van der Waals surface area (Å²) < 4.78 is 2.01. The number of nitriles is 1. The molecule has 0 fully saturated rings. The van der Waals surface area contributed by atoms with Crippen LogP contribution in [-0.2, 0) is 4.79 Å². The third kappa shape index (κ3) is 4.02. The number of nitrogens with zero attached hydrogens (tertiary/aromatic N) is 2. The molecule has 26 heavy (non-hydrogen) atoms. The molecule has 0 atom stereocenters. The predicted octanol–water partition coefficient (Wildman–Crippen LogP) is 4.98. The first-order valence-corrected chi connectivity index (χ1v) is 8.38. The molecule has 0 radical (unpaired) electrons. The number of nitrogens with one attached hydrogen (secondary N) is 1. The van der Waals surface area contributed by atoms with E-state index in [1.807, 2.05) is 60.2 Å². The minimum atomic E-state index is -0.472. The highest BCUT2D eigenvalue weighted by atomic mass is 35.5. The summed E-state index contributed by atoms with van der Waals surface area (Å²) in [6, 6.07) is 20.6. The van der Waals surface area contributed by atoms with E-state index in [9.17, 15) is 10.1 Å². The molecular weight excluding hydrogens is 346 g/mol. The Kier molecular flexibility index (Phi) is 5.21. The van der Waals surface area contributed by atoms with Gasteiger partial charge in [-0.05, 0) is 55.0 Å². The number of anilines is 1. The standard InChI is InChI=1S/C21H16ClN3O/c1-15-10-16(14-25(15)20-8-3-2-4-9-20)11-17(13-23)21(26)24-19-7-5-6-18(22)12-19/h2-12,14H,1H3,(H,24,26)/b17-11+. The number of hydrogen-bond acceptors (Lipinski definition) is 2. The van der Waals surface area contributed by atoms with Gasteiger partial charge in [0.1, 0.15) is 11.6 Å². The second-order valence-corrected chi connectivity index (χ2v) is 6.19. The molecule has 1 heterocycles. The van der Waals surface area contributed by atoms with E-state index >= 15 is 0 Å². The summed E-state index contributed by atoms with van der Waals surface area (Å²) in [6.07, 6.45) is 3.47. The van der Waals surface area contributed by atoms with Crippen LogP contribution in [0.15, 0.2) is 72.4 Å². The number of rotatable bonds is 4. The van der Waals surface area contributed by atoms with Crippen LogP contribution in [0.3, 0.4) is 0 Å². The quantitative estimate of drug-likeness (QED) is 0.526. The Morgan fingerprint density at radius 1 is 1.15 bits per heavy atom. The van der Waals surface area contributed by atoms with Crippen LogP contribution in [0.1, 0.15) is 11.3 Å². The molecule has 0 saturated carbocycles. The van der Waals surface area contributed by atoms with Gasteiger partial charge in [-0.15, -0.1) is 0 Å². The molecule has 128 valence electrons. The summed E-state index contributed by atoms with van der Waals surface area (Å²) in [4.78, 5) is 12.4. The minimum Gasteiger partial charge on any atom is -0.321 e. The van der Waals surface area contributed by atoms with Crippen molar-refractivity contribution in [2.45, 2.75) is 6.92 Å². The number of para-hydroxylation sites is 1. The topological polar surface area (TPSA) is 57.8 Å². The summed E-state index contributed by atoms with van der Waals surface area (Å²) >= 11 is 5.92. The number of benzene rings is 2. The van der Waals surface area contributed by atoms with Crippen molar-refractivity contribution in [3.8, 4) is 11.8 Å². The smallest absolute Gasteiger partial charge is 0.266 e. The number of carbonyl (C=O) groups excluding carboxylic acids is 1. The van der Waals surface area contributed by atoms with Crippen LogP contribution in [0.4, 0.5) is 5.69 Å². The van der Waals surface area contributed by atoms with Gasteiger partial charge >= 0.3 is 0 Å². The van der Waals surface area contributed by atoms with Gasteiger partial charge in [0, 0.05) is 28.3 Å². The number of amides is 1. The molecule has 0 bridgehead atoms. The van der Waals surface area contributed by atoms with Crippen molar-refractivity contribution < 1.29 is 4.79 Å². The van der Waals surface area contributed by atoms with Gasteiger partial charge in [-0.3, -0.25) is 4.79 Å². The van der Waals surface area contributed by atoms with Crippen molar-refractivity contribution in [3.63, 3.8) is 0 Å². The van der Waals surface area contributed by atoms with Crippen molar-refractivity contribution in [1.29, 1.82) is 5.26 Å². The second-order valence-electron chi connectivity index (χ2n) is 5.75. The third-order valence-corrected chi connectivity index (χ3v) is 4.06. The molecular formula is C21H16ClN3O. The lowest BCUT2D eigenvalue weighted by Gasteiger charge is -2.05. The summed E-state index contributed by atoms with van der Waals surface area (Å²) in [5.74, 6) is -0.472. The van der Waals surface area contributed by atoms with Crippen molar-refractivity contribution in [1.82, 2.24) is 4.57 Å². The molecule has 0 aliphatic heterocycles. The average Bonchev–Trinajstić information content (AvgIpc) is 3.00. The largest absolute Gasteiger partial charge is 0.321 e. The first kappa shape index (κ1) is 17.5. The Labute approximate surface area is 157 Å². The number of aromatic nitrogens is 1. The lowest BCUT2D eigenvalue weighted by atomic mass is 10.2. The summed E-state index contributed by atoms with van der Waals surface area (Å²) in [5, 5.41) is 12.6. The van der Waals surface area contributed by atoms with E-state index in [0.29, 0.717) is 10.7 Å². The molecule has 0 aliphatic carbocycles. The van der Waals surface area contributed by atoms with Crippen LogP contribution in [0.25, 0.3) is 11.8 Å². The highest BCUT2D eigenvalue weighted by Crippen LogP contribution is 2.19. The molecule has 3 aromatic rings. The average molecular weight is 362 g/mol. The fourth-order valence-electron chi connectivity index (χ4n) is 2.62. The Balaban J connectivity index is 1.85. The molecule has 2 aromatic carbocycles. The van der Waals surface area contributed by atoms with Crippen LogP contribution in [0, 0.1) is 18.3 Å². The molecule has 4 nitrogen and oxygen atoms in total. The highest BCUT2D eigenvalue weighted by molar-refractivity contribution is 6.31. The lowest BCUT2D eigenvalue weighted by Crippen LogP contribution is -2.13. The molecule has 0 spiro atoms. The van der Waals surface area contributed by atoms with Gasteiger partial charge in [0.05, 0.1) is 0 Å². The van der Waals surface area contributed by atoms with Crippen LogP contribution < -0.4 is 5.32 Å². The zero-order chi connectivity index (χ0) is 18.5. The van der Waals surface area contributed by atoms with Crippen LogP contribution in [-0.4, -0.2) is 10.5 Å². The molecule has 0 aliphatic rings. The van der Waals surface area contributed by atoms with Gasteiger partial charge in [0.25, 0.3) is 5.91 Å². The molecule has 1 aromatic heterocycles. The fraction of sp³-hybridized carbons (Fsp3) is 0.0476. The molecule has 3 rings (SSSR count). The third-order valence-electron chi connectivity index (χ3n) is 3.83. The van der Waals surface area contributed by atoms with Gasteiger partial charge in [0.15, 0.2) is 0 Å². The van der Waals surface area contributed by atoms with E-state index in [2.05, 4.69) is 5.32 Å². The van der Waals surface area contributed by atoms with Crippen molar-refractivity contribution in [3.05, 3.63) is 88.7 Å². The summed E-state index contributed by atoms with van der Waals surface area (Å²) in [7, 11) is 0. The van der Waals surface area contributed by atoms with E-state index in [0.717, 1.165) is 16.9 Å². The van der Waals surface area contributed by atoms with Crippen molar-refractivity contribution in [2.24, 2.45) is 0 Å². The maximum absolute atomic E-state index is 12.4. The predicted molar refractivity (Wildman–Crippen MR) is 104 cm³/mol. The zero-order valence-corrected chi connectivity index (χ0v) is 14.9. The monoisotopic (exact) mass is 361 g/mol. The van der Waals surface area contributed by atoms with E-state index in [4.69, 9.17) is 11.6 Å². The van der Waals surface area contributed by atoms with Crippen LogP contribution in [0.2, 0.25) is 5.02 Å². The van der Waals surface area contributed by atoms with Crippen LogP contribution >= 0.6 is 11.6 Å². The van der Waals surface area contributed by atoms with E-state index in [1.54, 1.807) is 30.3 Å². The molecule has 1 N–H and O–H groups in total. The van der Waals surface area contributed by atoms with Crippen LogP contribution in [0.5, 0.6) is 0 Å². The van der Waals surface area contributed by atoms with E-state index in [-0.39, 0.29) is 5.57 Å². The Bertz CT molecular complexity index is 1010. The highest BCUT2D eigenvalue weighted by Gasteiger charge is 2.11. The molecule has 5 heteroatoms. The molecule has 0 saturated heterocycles. The summed E-state index contributed by atoms with van der Waals surface area (Å²) in [5.41, 5.74) is 3.38. The Morgan fingerprint density at radius 2 is 1.92 bits per heavy atom. The first-order valence-electron chi connectivity index (χ1n) is 8.00. The van der Waals surface area contributed by atoms with Gasteiger partial charge in [-0.2, -0.15) is 5.26 Å². The normalized spacial score (nSPS) is 11.0. The van der Waals surface area contributed by atoms with Crippen molar-refractivity contribution >= 4 is 29.3 Å². The number of carbonyl (C=O) groups is 1. The SMILES string of the molecule is Cc1cc(/C=C(\C#N)C(=O)Nc2cccc(Cl)c2)cn1-c1ccccc1. The number of aryl methyl sites for hydroxylation is 1. The van der Waals surface area contributed by atoms with Gasteiger partial charge < -0.3 is 9.88 Å². The van der Waals surface area contributed by atoms with E-state index in [1.165, 1.54) is 0 Å². The maximum Gasteiger partial charge on any atom is 0.266 e. The van der Waals surface area contributed by atoms with Gasteiger partial charge in [-0.25, -0.2) is 0 Å². The fourth-order valence-corrected chi connectivity index (χ4v) is 2.81. The summed E-state index contributed by atoms with van der Waals surface area (Å²) in [6.45, 7) is 1.97. The number of halogens is 1. The Hall–Kier alpha value is -3.29. The maximum atomic E-state index is 12.4. The zero-order valence-electron chi connectivity index (χ0n) is 14.1. The first-order chi connectivity index (χ1) is 12.6. The van der Waals surface area contributed by atoms with Gasteiger partial charge in [-0.1, -0.05) is 35.9 Å². The molecule has 1 amide bonds. The number of hydrogen-bond donors (Lipinski definition) is 1. The second kappa shape index (κ2) is 7.73. The Morgan fingerprint density at radius 3 is 2.62 bits per heavy atom. The minimum absolute atomic E-state index is 0.0233. The van der Waals surface area contributed by atoms with Gasteiger partial charge in [0.2, 0.25) is 0 Å². The van der Waals surface area contributed by atoms with E-state index < -0.39 is 5.91 Å². The van der Waals surface area contributed by atoms with Crippen molar-refractivity contribution in [2.75, 3.05) is 5.32 Å².